The van der Waals surface area contributed by atoms with E-state index in [9.17, 15) is 4.79 Å². The highest BCUT2D eigenvalue weighted by molar-refractivity contribution is 5.83. The molecule has 1 heterocycles. The largest absolute Gasteiger partial charge is 0.375 e. The van der Waals surface area contributed by atoms with Gasteiger partial charge in [0.25, 0.3) is 0 Å². The lowest BCUT2D eigenvalue weighted by molar-refractivity contribution is -0.152. The zero-order valence-corrected chi connectivity index (χ0v) is 10.2. The van der Waals surface area contributed by atoms with E-state index in [-0.39, 0.29) is 5.60 Å². The number of Topliss-reactive ketones (excluding diaryl/α,β-unsaturated/α-hetero) is 1. The van der Waals surface area contributed by atoms with Crippen molar-refractivity contribution in [1.29, 1.82) is 0 Å². The van der Waals surface area contributed by atoms with E-state index in [0.29, 0.717) is 17.6 Å². The molecule has 0 radical (unpaired) electrons. The Balaban J connectivity index is 1.68. The van der Waals surface area contributed by atoms with Gasteiger partial charge in [-0.2, -0.15) is 0 Å². The predicted molar refractivity (Wildman–Crippen MR) is 62.2 cm³/mol. The van der Waals surface area contributed by atoms with Gasteiger partial charge in [-0.05, 0) is 50.4 Å². The summed E-state index contributed by atoms with van der Waals surface area (Å²) in [5.41, 5.74) is 0.244. The molecule has 1 spiro atoms. The molecule has 3 aliphatic rings. The second kappa shape index (κ2) is 3.83. The third-order valence-corrected chi connectivity index (χ3v) is 5.28. The van der Waals surface area contributed by atoms with Crippen molar-refractivity contribution < 1.29 is 9.53 Å². The van der Waals surface area contributed by atoms with E-state index in [2.05, 4.69) is 6.92 Å². The molecule has 0 aromatic heterocycles. The molecule has 3 fully saturated rings. The van der Waals surface area contributed by atoms with E-state index >= 15 is 0 Å². The molecule has 2 heteroatoms. The molecule has 0 bridgehead atoms. The zero-order valence-electron chi connectivity index (χ0n) is 10.2. The number of hydrogen-bond acceptors (Lipinski definition) is 2. The lowest BCUT2D eigenvalue weighted by Crippen LogP contribution is -2.47. The fourth-order valence-electron chi connectivity index (χ4n) is 4.02. The Morgan fingerprint density at radius 2 is 2.12 bits per heavy atom. The summed E-state index contributed by atoms with van der Waals surface area (Å²) in [6, 6.07) is 0. The van der Waals surface area contributed by atoms with Gasteiger partial charge in [0.1, 0.15) is 5.78 Å². The van der Waals surface area contributed by atoms with Crippen LogP contribution < -0.4 is 0 Å². The number of hydrogen-bond donors (Lipinski definition) is 0. The molecular weight excluding hydrogens is 200 g/mol. The third-order valence-electron chi connectivity index (χ3n) is 5.28. The van der Waals surface area contributed by atoms with Gasteiger partial charge in [0, 0.05) is 18.9 Å². The Morgan fingerprint density at radius 3 is 2.69 bits per heavy atom. The Labute approximate surface area is 97.7 Å². The maximum Gasteiger partial charge on any atom is 0.135 e. The van der Waals surface area contributed by atoms with Crippen LogP contribution in [0.25, 0.3) is 0 Å². The van der Waals surface area contributed by atoms with Gasteiger partial charge in [-0.25, -0.2) is 0 Å². The number of rotatable bonds is 1. The van der Waals surface area contributed by atoms with E-state index in [0.717, 1.165) is 25.4 Å². The van der Waals surface area contributed by atoms with Crippen molar-refractivity contribution in [2.45, 2.75) is 57.5 Å². The Kier molecular flexibility index (Phi) is 2.58. The average Bonchev–Trinajstić information content (AvgIpc) is 2.58. The standard InChI is InChI=1S/C14H22O2/c1-10-12(3-4-13(10)15)11-5-8-16-14(9-11)6-2-7-14/h10-12H,2-9H2,1H3. The highest BCUT2D eigenvalue weighted by Gasteiger charge is 2.46. The molecule has 2 saturated carbocycles. The Morgan fingerprint density at radius 1 is 1.31 bits per heavy atom. The summed E-state index contributed by atoms with van der Waals surface area (Å²) in [4.78, 5) is 11.6. The monoisotopic (exact) mass is 222 g/mol. The summed E-state index contributed by atoms with van der Waals surface area (Å²) in [6.07, 6.45) is 8.25. The molecule has 3 atom stereocenters. The van der Waals surface area contributed by atoms with Crippen LogP contribution in [0.4, 0.5) is 0 Å². The van der Waals surface area contributed by atoms with Crippen LogP contribution in [0.3, 0.4) is 0 Å². The first-order chi connectivity index (χ1) is 7.70. The molecule has 16 heavy (non-hydrogen) atoms. The summed E-state index contributed by atoms with van der Waals surface area (Å²) >= 11 is 0. The van der Waals surface area contributed by atoms with E-state index in [1.165, 1.54) is 32.1 Å². The molecule has 1 aliphatic heterocycles. The number of ketones is 1. The van der Waals surface area contributed by atoms with E-state index in [4.69, 9.17) is 4.74 Å². The van der Waals surface area contributed by atoms with Crippen LogP contribution >= 0.6 is 0 Å². The zero-order chi connectivity index (χ0) is 11.2. The van der Waals surface area contributed by atoms with E-state index in [1.54, 1.807) is 0 Å². The summed E-state index contributed by atoms with van der Waals surface area (Å²) < 4.78 is 5.97. The maximum absolute atomic E-state index is 11.6. The smallest absolute Gasteiger partial charge is 0.135 e. The van der Waals surface area contributed by atoms with Crippen molar-refractivity contribution in [2.24, 2.45) is 17.8 Å². The normalized spacial score (nSPS) is 42.3. The van der Waals surface area contributed by atoms with Crippen molar-refractivity contribution in [3.63, 3.8) is 0 Å². The van der Waals surface area contributed by atoms with Crippen molar-refractivity contribution in [3.05, 3.63) is 0 Å². The van der Waals surface area contributed by atoms with Crippen LogP contribution in [0.2, 0.25) is 0 Å². The minimum Gasteiger partial charge on any atom is -0.375 e. The minimum absolute atomic E-state index is 0.244. The van der Waals surface area contributed by atoms with Crippen molar-refractivity contribution >= 4 is 5.78 Å². The lowest BCUT2D eigenvalue weighted by atomic mass is 9.67. The van der Waals surface area contributed by atoms with Gasteiger partial charge in [-0.3, -0.25) is 4.79 Å². The topological polar surface area (TPSA) is 26.3 Å². The fourth-order valence-corrected chi connectivity index (χ4v) is 4.02. The van der Waals surface area contributed by atoms with Crippen LogP contribution in [0.1, 0.15) is 51.9 Å². The maximum atomic E-state index is 11.6. The first kappa shape index (κ1) is 10.8. The van der Waals surface area contributed by atoms with Crippen LogP contribution in [0, 0.1) is 17.8 Å². The summed E-state index contributed by atoms with van der Waals surface area (Å²) in [5.74, 6) is 2.24. The van der Waals surface area contributed by atoms with Crippen molar-refractivity contribution in [3.8, 4) is 0 Å². The number of ether oxygens (including phenoxy) is 1. The quantitative estimate of drug-likeness (QED) is 0.682. The summed E-state index contributed by atoms with van der Waals surface area (Å²) in [7, 11) is 0. The fraction of sp³-hybridized carbons (Fsp3) is 0.929. The van der Waals surface area contributed by atoms with Gasteiger partial charge >= 0.3 is 0 Å². The minimum atomic E-state index is 0.244. The molecular formula is C14H22O2. The molecule has 0 N–H and O–H groups in total. The molecule has 3 rings (SSSR count). The first-order valence-corrected chi connectivity index (χ1v) is 6.87. The SMILES string of the molecule is CC1C(=O)CCC1C1CCOC2(CCC2)C1. The van der Waals surface area contributed by atoms with Crippen LogP contribution in [-0.4, -0.2) is 18.0 Å². The predicted octanol–water partition coefficient (Wildman–Crippen LogP) is 2.95. The van der Waals surface area contributed by atoms with Gasteiger partial charge in [0.15, 0.2) is 0 Å². The molecule has 2 nitrogen and oxygen atoms in total. The van der Waals surface area contributed by atoms with E-state index in [1.807, 2.05) is 0 Å². The third kappa shape index (κ3) is 1.62. The highest BCUT2D eigenvalue weighted by Crippen LogP contribution is 2.49. The molecule has 2 aliphatic carbocycles. The second-order valence-corrected chi connectivity index (χ2v) is 6.10. The molecule has 90 valence electrons. The van der Waals surface area contributed by atoms with Gasteiger partial charge in [-0.1, -0.05) is 6.92 Å². The highest BCUT2D eigenvalue weighted by atomic mass is 16.5. The van der Waals surface area contributed by atoms with Gasteiger partial charge in [-0.15, -0.1) is 0 Å². The van der Waals surface area contributed by atoms with Crippen LogP contribution in [0.5, 0.6) is 0 Å². The number of carbonyl (C=O) groups is 1. The summed E-state index contributed by atoms with van der Waals surface area (Å²) in [6.45, 7) is 3.07. The van der Waals surface area contributed by atoms with Crippen LogP contribution in [0.15, 0.2) is 0 Å². The molecule has 3 unspecified atom stereocenters. The average molecular weight is 222 g/mol. The van der Waals surface area contributed by atoms with Crippen molar-refractivity contribution in [1.82, 2.24) is 0 Å². The molecule has 1 saturated heterocycles. The van der Waals surface area contributed by atoms with E-state index < -0.39 is 0 Å². The second-order valence-electron chi connectivity index (χ2n) is 6.10. The first-order valence-electron chi connectivity index (χ1n) is 6.87. The Hall–Kier alpha value is -0.370. The molecule has 0 amide bonds. The molecule has 0 aromatic rings. The number of carbonyl (C=O) groups excluding carboxylic acids is 1. The van der Waals surface area contributed by atoms with Gasteiger partial charge < -0.3 is 4.74 Å². The van der Waals surface area contributed by atoms with Crippen LogP contribution in [-0.2, 0) is 9.53 Å². The van der Waals surface area contributed by atoms with Gasteiger partial charge in [0.2, 0.25) is 0 Å². The van der Waals surface area contributed by atoms with Crippen molar-refractivity contribution in [2.75, 3.05) is 6.61 Å². The molecule has 0 aromatic carbocycles. The Bertz CT molecular complexity index is 293. The summed E-state index contributed by atoms with van der Waals surface area (Å²) in [5, 5.41) is 0. The van der Waals surface area contributed by atoms with Gasteiger partial charge in [0.05, 0.1) is 5.60 Å². The lowest BCUT2D eigenvalue weighted by Gasteiger charge is -2.48.